The largest absolute Gasteiger partial charge is 0.496 e. The van der Waals surface area contributed by atoms with E-state index in [2.05, 4.69) is 10.5 Å². The number of rotatable bonds is 5. The smallest absolute Gasteiger partial charge is 0.271 e. The fourth-order valence-corrected chi connectivity index (χ4v) is 2.54. The van der Waals surface area contributed by atoms with Crippen LogP contribution < -0.4 is 10.2 Å². The standard InChI is InChI=1S/C19H15N3O4/c1-26-18-11-8-14(16-4-2-3-5-17(16)18)12-20-21-19(23)13-6-9-15(10-7-13)22(24)25/h2-12H,1H3,(H,21,23). The van der Waals surface area contributed by atoms with Crippen molar-refractivity contribution in [2.24, 2.45) is 5.10 Å². The molecule has 3 aromatic carbocycles. The van der Waals surface area contributed by atoms with E-state index in [9.17, 15) is 14.9 Å². The number of hydrogen-bond donors (Lipinski definition) is 1. The molecule has 0 spiro atoms. The molecular weight excluding hydrogens is 334 g/mol. The molecule has 130 valence electrons. The van der Waals surface area contributed by atoms with E-state index in [1.165, 1.54) is 24.3 Å². The molecule has 0 bridgehead atoms. The molecule has 0 aromatic heterocycles. The van der Waals surface area contributed by atoms with Crippen LogP contribution in [-0.4, -0.2) is 24.2 Å². The number of hydrazone groups is 1. The minimum atomic E-state index is -0.519. The second kappa shape index (κ2) is 7.43. The topological polar surface area (TPSA) is 93.8 Å². The molecule has 0 radical (unpaired) electrons. The van der Waals surface area contributed by atoms with Crippen molar-refractivity contribution < 1.29 is 14.5 Å². The maximum atomic E-state index is 12.1. The van der Waals surface area contributed by atoms with E-state index >= 15 is 0 Å². The third kappa shape index (κ3) is 3.51. The van der Waals surface area contributed by atoms with Crippen LogP contribution in [-0.2, 0) is 0 Å². The lowest BCUT2D eigenvalue weighted by Crippen LogP contribution is -2.17. The minimum absolute atomic E-state index is 0.0743. The van der Waals surface area contributed by atoms with Gasteiger partial charge in [0.1, 0.15) is 5.75 Å². The summed E-state index contributed by atoms with van der Waals surface area (Å²) < 4.78 is 5.35. The third-order valence-corrected chi connectivity index (χ3v) is 3.85. The van der Waals surface area contributed by atoms with Crippen molar-refractivity contribution in [3.05, 3.63) is 81.9 Å². The third-order valence-electron chi connectivity index (χ3n) is 3.85. The Kier molecular flexibility index (Phi) is 4.89. The van der Waals surface area contributed by atoms with Crippen LogP contribution in [0.15, 0.2) is 65.8 Å². The molecule has 7 heteroatoms. The average Bonchev–Trinajstić information content (AvgIpc) is 2.68. The van der Waals surface area contributed by atoms with Crippen LogP contribution in [0.5, 0.6) is 5.75 Å². The zero-order valence-corrected chi connectivity index (χ0v) is 13.9. The Morgan fingerprint density at radius 3 is 2.42 bits per heavy atom. The number of ether oxygens (including phenoxy) is 1. The molecule has 0 aliphatic carbocycles. The molecule has 1 N–H and O–H groups in total. The first-order chi connectivity index (χ1) is 12.6. The first kappa shape index (κ1) is 17.1. The number of carbonyl (C=O) groups excluding carboxylic acids is 1. The second-order valence-electron chi connectivity index (χ2n) is 5.41. The summed E-state index contributed by atoms with van der Waals surface area (Å²) in [6.45, 7) is 0. The van der Waals surface area contributed by atoms with Crippen LogP contribution >= 0.6 is 0 Å². The number of nitro benzene ring substituents is 1. The molecule has 0 unspecified atom stereocenters. The molecule has 0 saturated carbocycles. The summed E-state index contributed by atoms with van der Waals surface area (Å²) in [6.07, 6.45) is 1.55. The molecule has 7 nitrogen and oxygen atoms in total. The molecule has 0 fully saturated rings. The van der Waals surface area contributed by atoms with Gasteiger partial charge < -0.3 is 4.74 Å². The van der Waals surface area contributed by atoms with Gasteiger partial charge in [-0.25, -0.2) is 5.43 Å². The van der Waals surface area contributed by atoms with Crippen molar-refractivity contribution in [2.45, 2.75) is 0 Å². The molecule has 0 heterocycles. The van der Waals surface area contributed by atoms with E-state index in [-0.39, 0.29) is 11.3 Å². The van der Waals surface area contributed by atoms with Gasteiger partial charge in [-0.05, 0) is 29.7 Å². The molecule has 0 atom stereocenters. The molecule has 26 heavy (non-hydrogen) atoms. The molecule has 0 aliphatic heterocycles. The molecular formula is C19H15N3O4. The normalized spacial score (nSPS) is 10.8. The Hall–Kier alpha value is -3.74. The van der Waals surface area contributed by atoms with Gasteiger partial charge in [0, 0.05) is 28.6 Å². The number of fused-ring (bicyclic) bond motifs is 1. The Balaban J connectivity index is 1.77. The summed E-state index contributed by atoms with van der Waals surface area (Å²) in [7, 11) is 1.61. The molecule has 1 amide bonds. The van der Waals surface area contributed by atoms with Gasteiger partial charge >= 0.3 is 0 Å². The summed E-state index contributed by atoms with van der Waals surface area (Å²) in [5, 5.41) is 16.5. The summed E-state index contributed by atoms with van der Waals surface area (Å²) in [6, 6.07) is 16.7. The highest BCUT2D eigenvalue weighted by atomic mass is 16.6. The van der Waals surface area contributed by atoms with Gasteiger partial charge in [0.15, 0.2) is 0 Å². The van der Waals surface area contributed by atoms with E-state index < -0.39 is 10.8 Å². The van der Waals surface area contributed by atoms with Gasteiger partial charge in [0.05, 0.1) is 18.2 Å². The molecule has 0 aliphatic rings. The van der Waals surface area contributed by atoms with Crippen LogP contribution in [0, 0.1) is 10.1 Å². The highest BCUT2D eigenvalue weighted by molar-refractivity contribution is 6.03. The number of amides is 1. The van der Waals surface area contributed by atoms with Gasteiger partial charge in [-0.3, -0.25) is 14.9 Å². The molecule has 3 rings (SSSR count). The predicted molar refractivity (Wildman–Crippen MR) is 98.7 cm³/mol. The molecule has 3 aromatic rings. The monoisotopic (exact) mass is 349 g/mol. The van der Waals surface area contributed by atoms with Gasteiger partial charge in [-0.1, -0.05) is 24.3 Å². The van der Waals surface area contributed by atoms with Crippen molar-refractivity contribution in [3.63, 3.8) is 0 Å². The fraction of sp³-hybridized carbons (Fsp3) is 0.0526. The van der Waals surface area contributed by atoms with Crippen molar-refractivity contribution >= 4 is 28.6 Å². The number of benzene rings is 3. The molecule has 0 saturated heterocycles. The second-order valence-corrected chi connectivity index (χ2v) is 5.41. The van der Waals surface area contributed by atoms with Crippen molar-refractivity contribution in [1.29, 1.82) is 0 Å². The number of nitrogens with zero attached hydrogens (tertiary/aromatic N) is 2. The summed E-state index contributed by atoms with van der Waals surface area (Å²) >= 11 is 0. The van der Waals surface area contributed by atoms with Crippen LogP contribution in [0.1, 0.15) is 15.9 Å². The van der Waals surface area contributed by atoms with Crippen LogP contribution in [0.25, 0.3) is 10.8 Å². The van der Waals surface area contributed by atoms with Gasteiger partial charge in [-0.15, -0.1) is 0 Å². The first-order valence-electron chi connectivity index (χ1n) is 7.74. The fourth-order valence-electron chi connectivity index (χ4n) is 2.54. The predicted octanol–water partition coefficient (Wildman–Crippen LogP) is 3.52. The van der Waals surface area contributed by atoms with Crippen LogP contribution in [0.2, 0.25) is 0 Å². The van der Waals surface area contributed by atoms with E-state index in [0.717, 1.165) is 22.1 Å². The van der Waals surface area contributed by atoms with E-state index in [1.807, 2.05) is 36.4 Å². The number of non-ortho nitro benzene ring substituents is 1. The summed E-state index contributed by atoms with van der Waals surface area (Å²) in [5.41, 5.74) is 3.45. The lowest BCUT2D eigenvalue weighted by molar-refractivity contribution is -0.384. The minimum Gasteiger partial charge on any atom is -0.496 e. The lowest BCUT2D eigenvalue weighted by Gasteiger charge is -2.07. The maximum Gasteiger partial charge on any atom is 0.271 e. The van der Waals surface area contributed by atoms with Gasteiger partial charge in [-0.2, -0.15) is 5.10 Å². The number of nitrogens with one attached hydrogen (secondary N) is 1. The van der Waals surface area contributed by atoms with Gasteiger partial charge in [0.2, 0.25) is 0 Å². The number of carbonyl (C=O) groups is 1. The van der Waals surface area contributed by atoms with Crippen molar-refractivity contribution in [1.82, 2.24) is 5.43 Å². The Bertz CT molecular complexity index is 997. The maximum absolute atomic E-state index is 12.1. The van der Waals surface area contributed by atoms with Crippen LogP contribution in [0.4, 0.5) is 5.69 Å². The number of methoxy groups -OCH3 is 1. The Morgan fingerprint density at radius 1 is 1.08 bits per heavy atom. The average molecular weight is 349 g/mol. The highest BCUT2D eigenvalue weighted by Crippen LogP contribution is 2.27. The summed E-state index contributed by atoms with van der Waals surface area (Å²) in [4.78, 5) is 22.2. The van der Waals surface area contributed by atoms with E-state index in [1.54, 1.807) is 13.3 Å². The van der Waals surface area contributed by atoms with Gasteiger partial charge in [0.25, 0.3) is 11.6 Å². The van der Waals surface area contributed by atoms with E-state index in [0.29, 0.717) is 0 Å². The lowest BCUT2D eigenvalue weighted by atomic mass is 10.0. The van der Waals surface area contributed by atoms with Crippen molar-refractivity contribution in [2.75, 3.05) is 7.11 Å². The SMILES string of the molecule is COc1ccc(C=NNC(=O)c2ccc([N+](=O)[O-])cc2)c2ccccc12. The Morgan fingerprint density at radius 2 is 1.77 bits per heavy atom. The Labute approximate surface area is 149 Å². The van der Waals surface area contributed by atoms with Crippen LogP contribution in [0.3, 0.4) is 0 Å². The zero-order chi connectivity index (χ0) is 18.5. The van der Waals surface area contributed by atoms with Crippen molar-refractivity contribution in [3.8, 4) is 5.75 Å². The number of nitro groups is 1. The zero-order valence-electron chi connectivity index (χ0n) is 13.9. The quantitative estimate of drug-likeness (QED) is 0.433. The highest BCUT2D eigenvalue weighted by Gasteiger charge is 2.09. The first-order valence-corrected chi connectivity index (χ1v) is 7.74. The summed E-state index contributed by atoms with van der Waals surface area (Å²) in [5.74, 6) is 0.307. The number of hydrogen-bond acceptors (Lipinski definition) is 5. The van der Waals surface area contributed by atoms with E-state index in [4.69, 9.17) is 4.74 Å².